The van der Waals surface area contributed by atoms with Gasteiger partial charge in [-0.1, -0.05) is 6.07 Å². The minimum absolute atomic E-state index is 0.0287. The molecule has 8 nitrogen and oxygen atoms in total. The van der Waals surface area contributed by atoms with Crippen LogP contribution in [0.2, 0.25) is 0 Å². The molecule has 1 fully saturated rings. The van der Waals surface area contributed by atoms with E-state index in [4.69, 9.17) is 4.18 Å². The lowest BCUT2D eigenvalue weighted by Crippen LogP contribution is -2.27. The van der Waals surface area contributed by atoms with Gasteiger partial charge in [-0.25, -0.2) is 13.2 Å². The molecule has 10 heteroatoms. The monoisotopic (exact) mass is 425 g/mol. The van der Waals surface area contributed by atoms with Crippen LogP contribution in [0.1, 0.15) is 23.2 Å². The summed E-state index contributed by atoms with van der Waals surface area (Å²) in [5, 5.41) is 0. The summed E-state index contributed by atoms with van der Waals surface area (Å²) in [5.74, 6) is -0.684. The van der Waals surface area contributed by atoms with E-state index in [9.17, 15) is 21.6 Å². The first kappa shape index (κ1) is 20.3. The summed E-state index contributed by atoms with van der Waals surface area (Å²) in [6.45, 7) is 0.921. The molecular weight excluding hydrogens is 406 g/mol. The zero-order valence-electron chi connectivity index (χ0n) is 15.1. The van der Waals surface area contributed by atoms with Crippen LogP contribution in [0.4, 0.5) is 0 Å². The van der Waals surface area contributed by atoms with E-state index in [1.807, 2.05) is 0 Å². The Morgan fingerprint density at radius 1 is 0.929 bits per heavy atom. The first-order valence-corrected chi connectivity index (χ1v) is 11.3. The fourth-order valence-electron chi connectivity index (χ4n) is 2.82. The number of sulfonamides is 1. The molecule has 0 radical (unpaired) electrons. The number of esters is 1. The molecule has 0 saturated carbocycles. The van der Waals surface area contributed by atoms with Gasteiger partial charge in [0.15, 0.2) is 0 Å². The van der Waals surface area contributed by atoms with Crippen molar-refractivity contribution in [2.75, 3.05) is 20.2 Å². The number of methoxy groups -OCH3 is 1. The number of ether oxygens (including phenoxy) is 1. The molecule has 0 amide bonds. The largest absolute Gasteiger partial charge is 0.465 e. The van der Waals surface area contributed by atoms with E-state index in [1.54, 1.807) is 0 Å². The number of nitrogens with zero attached hydrogens (tertiary/aromatic N) is 1. The van der Waals surface area contributed by atoms with Crippen LogP contribution in [0.3, 0.4) is 0 Å². The lowest BCUT2D eigenvalue weighted by atomic mass is 10.2. The fraction of sp³-hybridized carbons (Fsp3) is 0.278. The Labute approximate surface area is 163 Å². The number of hydrogen-bond donors (Lipinski definition) is 0. The normalized spacial score (nSPS) is 15.3. The Morgan fingerprint density at radius 2 is 1.54 bits per heavy atom. The SMILES string of the molecule is COC(=O)c1cccc(OS(=O)(=O)c2ccc(S(=O)(=O)N3CCCC3)cc2)c1. The lowest BCUT2D eigenvalue weighted by Gasteiger charge is -2.15. The standard InChI is InChI=1S/C18H19NO7S2/c1-25-18(20)14-5-4-6-15(13-14)26-28(23,24)17-9-7-16(8-10-17)27(21,22)19-11-2-3-12-19/h4-10,13H,2-3,11-12H2,1H3. The summed E-state index contributed by atoms with van der Waals surface area (Å²) in [6, 6.07) is 10.4. The highest BCUT2D eigenvalue weighted by Gasteiger charge is 2.27. The van der Waals surface area contributed by atoms with Gasteiger partial charge in [-0.2, -0.15) is 12.7 Å². The maximum absolute atomic E-state index is 12.5. The first-order chi connectivity index (χ1) is 13.2. The molecule has 0 atom stereocenters. The number of rotatable bonds is 6. The van der Waals surface area contributed by atoms with Crippen molar-refractivity contribution in [2.24, 2.45) is 0 Å². The summed E-state index contributed by atoms with van der Waals surface area (Å²) >= 11 is 0. The van der Waals surface area contributed by atoms with E-state index in [0.29, 0.717) is 13.1 Å². The van der Waals surface area contributed by atoms with Crippen molar-refractivity contribution >= 4 is 26.1 Å². The zero-order valence-corrected chi connectivity index (χ0v) is 16.7. The van der Waals surface area contributed by atoms with Gasteiger partial charge in [0.25, 0.3) is 0 Å². The molecule has 28 heavy (non-hydrogen) atoms. The van der Waals surface area contributed by atoms with Crippen LogP contribution >= 0.6 is 0 Å². The number of hydrogen-bond acceptors (Lipinski definition) is 7. The maximum atomic E-state index is 12.5. The predicted molar refractivity (Wildman–Crippen MR) is 100 cm³/mol. The highest BCUT2D eigenvalue weighted by atomic mass is 32.2. The van der Waals surface area contributed by atoms with Crippen LogP contribution in [0.5, 0.6) is 5.75 Å². The van der Waals surface area contributed by atoms with E-state index in [1.165, 1.54) is 59.9 Å². The van der Waals surface area contributed by atoms with E-state index < -0.39 is 26.1 Å². The number of carbonyl (C=O) groups is 1. The molecule has 1 saturated heterocycles. The van der Waals surface area contributed by atoms with Gasteiger partial charge in [-0.05, 0) is 55.3 Å². The van der Waals surface area contributed by atoms with E-state index in [2.05, 4.69) is 4.74 Å². The van der Waals surface area contributed by atoms with E-state index >= 15 is 0 Å². The molecule has 0 N–H and O–H groups in total. The molecule has 1 aliphatic heterocycles. The molecule has 1 heterocycles. The van der Waals surface area contributed by atoms with Crippen molar-refractivity contribution < 1.29 is 30.6 Å². The van der Waals surface area contributed by atoms with Crippen LogP contribution in [-0.4, -0.2) is 47.3 Å². The lowest BCUT2D eigenvalue weighted by molar-refractivity contribution is 0.0600. The van der Waals surface area contributed by atoms with Gasteiger partial charge >= 0.3 is 16.1 Å². The van der Waals surface area contributed by atoms with Gasteiger partial charge in [-0.15, -0.1) is 0 Å². The molecule has 150 valence electrons. The van der Waals surface area contributed by atoms with Crippen molar-refractivity contribution in [1.29, 1.82) is 0 Å². The Balaban J connectivity index is 1.82. The highest BCUT2D eigenvalue weighted by molar-refractivity contribution is 7.89. The third-order valence-electron chi connectivity index (χ3n) is 4.28. The number of carbonyl (C=O) groups excluding carboxylic acids is 1. The highest BCUT2D eigenvalue weighted by Crippen LogP contribution is 2.24. The smallest absolute Gasteiger partial charge is 0.339 e. The van der Waals surface area contributed by atoms with Gasteiger partial charge < -0.3 is 8.92 Å². The summed E-state index contributed by atoms with van der Waals surface area (Å²) in [4.78, 5) is 11.4. The van der Waals surface area contributed by atoms with Crippen molar-refractivity contribution in [3.63, 3.8) is 0 Å². The minimum Gasteiger partial charge on any atom is -0.465 e. The molecule has 2 aromatic carbocycles. The fourth-order valence-corrected chi connectivity index (χ4v) is 5.26. The molecule has 0 aromatic heterocycles. The van der Waals surface area contributed by atoms with Gasteiger partial charge in [-0.3, -0.25) is 0 Å². The van der Waals surface area contributed by atoms with Crippen LogP contribution in [0.15, 0.2) is 58.3 Å². The van der Waals surface area contributed by atoms with Crippen molar-refractivity contribution in [3.05, 3.63) is 54.1 Å². The molecule has 0 spiro atoms. The van der Waals surface area contributed by atoms with E-state index in [-0.39, 0.29) is 21.1 Å². The molecule has 1 aliphatic rings. The third kappa shape index (κ3) is 4.18. The molecule has 3 rings (SSSR count). The third-order valence-corrected chi connectivity index (χ3v) is 7.45. The summed E-state index contributed by atoms with van der Waals surface area (Å²) in [7, 11) is -6.62. The Morgan fingerprint density at radius 3 is 2.14 bits per heavy atom. The second-order valence-electron chi connectivity index (χ2n) is 6.14. The number of benzene rings is 2. The predicted octanol–water partition coefficient (Wildman–Crippen LogP) is 2.03. The van der Waals surface area contributed by atoms with Gasteiger partial charge in [0, 0.05) is 13.1 Å². The Kier molecular flexibility index (Phi) is 5.73. The van der Waals surface area contributed by atoms with Crippen molar-refractivity contribution in [2.45, 2.75) is 22.6 Å². The van der Waals surface area contributed by atoms with Gasteiger partial charge in [0.05, 0.1) is 17.6 Å². The zero-order chi connectivity index (χ0) is 20.4. The summed E-state index contributed by atoms with van der Waals surface area (Å²) in [5.41, 5.74) is 0.141. The molecule has 0 aliphatic carbocycles. The Hall–Kier alpha value is -2.43. The van der Waals surface area contributed by atoms with Gasteiger partial charge in [0.2, 0.25) is 10.0 Å². The average Bonchev–Trinajstić information content (AvgIpc) is 3.23. The van der Waals surface area contributed by atoms with Gasteiger partial charge in [0.1, 0.15) is 10.6 Å². The first-order valence-electron chi connectivity index (χ1n) is 8.47. The van der Waals surface area contributed by atoms with Crippen molar-refractivity contribution in [1.82, 2.24) is 4.31 Å². The molecule has 0 bridgehead atoms. The van der Waals surface area contributed by atoms with Crippen LogP contribution in [0, 0.1) is 0 Å². The van der Waals surface area contributed by atoms with E-state index in [0.717, 1.165) is 12.8 Å². The quantitative estimate of drug-likeness (QED) is 0.515. The second kappa shape index (κ2) is 7.90. The van der Waals surface area contributed by atoms with Crippen LogP contribution in [-0.2, 0) is 24.9 Å². The van der Waals surface area contributed by atoms with Crippen molar-refractivity contribution in [3.8, 4) is 5.75 Å². The molecular formula is C18H19NO7S2. The Bertz CT molecular complexity index is 1070. The van der Waals surface area contributed by atoms with Crippen LogP contribution in [0.25, 0.3) is 0 Å². The molecule has 2 aromatic rings. The minimum atomic E-state index is -4.20. The summed E-state index contributed by atoms with van der Waals surface area (Å²) in [6.07, 6.45) is 1.62. The molecule has 0 unspecified atom stereocenters. The average molecular weight is 425 g/mol. The second-order valence-corrected chi connectivity index (χ2v) is 9.62. The summed E-state index contributed by atoms with van der Waals surface area (Å²) < 4.78 is 61.0. The topological polar surface area (TPSA) is 107 Å². The van der Waals surface area contributed by atoms with Crippen LogP contribution < -0.4 is 4.18 Å². The maximum Gasteiger partial charge on any atom is 0.339 e.